The molecule has 4 rings (SSSR count). The first-order valence-electron chi connectivity index (χ1n) is 8.98. The molecule has 30 heavy (non-hydrogen) atoms. The molecule has 0 radical (unpaired) electrons. The van der Waals surface area contributed by atoms with Gasteiger partial charge in [-0.3, -0.25) is 4.79 Å². The quantitative estimate of drug-likeness (QED) is 0.345. The normalized spacial score (nSPS) is 11.8. The zero-order valence-corrected chi connectivity index (χ0v) is 18.1. The van der Waals surface area contributed by atoms with Gasteiger partial charge in [0.05, 0.1) is 5.75 Å². The number of carbonyl (C=O) groups is 1. The van der Waals surface area contributed by atoms with E-state index in [1.165, 1.54) is 11.8 Å². The summed E-state index contributed by atoms with van der Waals surface area (Å²) in [6, 6.07) is 14.9. The number of nitrogens with one attached hydrogen (secondary N) is 2. The Morgan fingerprint density at radius 3 is 2.90 bits per heavy atom. The minimum Gasteiger partial charge on any atom is -1.00 e. The van der Waals surface area contributed by atoms with Crippen LogP contribution in [0.25, 0.3) is 10.9 Å². The molecule has 0 aliphatic heterocycles. The molecule has 0 aliphatic rings. The maximum absolute atomic E-state index is 12.1. The van der Waals surface area contributed by atoms with Crippen molar-refractivity contribution in [1.29, 1.82) is 0 Å². The summed E-state index contributed by atoms with van der Waals surface area (Å²) >= 11 is 7.10. The van der Waals surface area contributed by atoms with Crippen molar-refractivity contribution in [2.75, 3.05) is 11.1 Å². The standard InChI is InChI=1S/C20H18ClN5O2S.ClH/c21-13-4-3-5-14(9-13)24-18(27)11-29-20-26-25-19(28-20)16(22)8-12-10-23-17-7-2-1-6-15(12)17;/h1-7,9-10,16,23H,8,11,22H2,(H,24,27);1H/t16-;/m0./s1. The third-order valence-electron chi connectivity index (χ3n) is 4.35. The number of fused-ring (bicyclic) bond motifs is 1. The predicted molar refractivity (Wildman–Crippen MR) is 113 cm³/mol. The predicted octanol–water partition coefficient (Wildman–Crippen LogP) is 0.465. The van der Waals surface area contributed by atoms with Crippen LogP contribution < -0.4 is 23.5 Å². The van der Waals surface area contributed by atoms with Crippen molar-refractivity contribution in [3.05, 3.63) is 71.2 Å². The number of benzene rings is 2. The Hall–Kier alpha value is -2.52. The first-order chi connectivity index (χ1) is 14.1. The van der Waals surface area contributed by atoms with E-state index in [2.05, 4.69) is 32.3 Å². The molecule has 1 amide bonds. The molecule has 4 aromatic rings. The van der Waals surface area contributed by atoms with Crippen LogP contribution in [-0.2, 0) is 11.2 Å². The lowest BCUT2D eigenvalue weighted by Crippen LogP contribution is -3.00. The summed E-state index contributed by atoms with van der Waals surface area (Å²) in [5.74, 6) is 0.424. The fourth-order valence-corrected chi connectivity index (χ4v) is 3.75. The summed E-state index contributed by atoms with van der Waals surface area (Å²) in [6.45, 7) is 0. The molecule has 2 heterocycles. The van der Waals surface area contributed by atoms with Gasteiger partial charge in [-0.15, -0.1) is 10.2 Å². The van der Waals surface area contributed by atoms with Gasteiger partial charge in [-0.2, -0.15) is 0 Å². The molecule has 0 saturated heterocycles. The van der Waals surface area contributed by atoms with Crippen molar-refractivity contribution < 1.29 is 27.4 Å². The second-order valence-electron chi connectivity index (χ2n) is 6.51. The van der Waals surface area contributed by atoms with Crippen LogP contribution in [0.5, 0.6) is 0 Å². The van der Waals surface area contributed by atoms with E-state index in [4.69, 9.17) is 16.0 Å². The number of hydrogen-bond acceptors (Lipinski definition) is 5. The lowest BCUT2D eigenvalue weighted by atomic mass is 10.1. The average molecular weight is 464 g/mol. The molecule has 0 unspecified atom stereocenters. The van der Waals surface area contributed by atoms with E-state index in [0.29, 0.717) is 28.2 Å². The maximum Gasteiger partial charge on any atom is 0.277 e. The molecule has 2 aromatic carbocycles. The number of rotatable bonds is 7. The lowest BCUT2D eigenvalue weighted by Gasteiger charge is -2.04. The highest BCUT2D eigenvalue weighted by Crippen LogP contribution is 2.24. The van der Waals surface area contributed by atoms with Crippen molar-refractivity contribution in [3.8, 4) is 0 Å². The maximum atomic E-state index is 12.1. The molecular formula is C20H19Cl2N5O2S. The third kappa shape index (κ3) is 5.34. The Bertz CT molecular complexity index is 1150. The highest BCUT2D eigenvalue weighted by atomic mass is 35.5. The van der Waals surface area contributed by atoms with Gasteiger partial charge in [0.25, 0.3) is 11.1 Å². The van der Waals surface area contributed by atoms with Crippen LogP contribution in [0.4, 0.5) is 5.69 Å². The van der Waals surface area contributed by atoms with E-state index < -0.39 is 0 Å². The number of H-pyrrole nitrogens is 1. The summed E-state index contributed by atoms with van der Waals surface area (Å²) in [5.41, 5.74) is 7.03. The van der Waals surface area contributed by atoms with Crippen molar-refractivity contribution in [1.82, 2.24) is 15.2 Å². The van der Waals surface area contributed by atoms with Crippen LogP contribution >= 0.6 is 23.4 Å². The van der Waals surface area contributed by atoms with E-state index in [9.17, 15) is 4.79 Å². The number of thioether (sulfide) groups is 1. The smallest absolute Gasteiger partial charge is 0.277 e. The van der Waals surface area contributed by atoms with Gasteiger partial charge in [-0.1, -0.05) is 47.6 Å². The molecule has 5 N–H and O–H groups in total. The number of amides is 1. The number of aromatic nitrogens is 3. The van der Waals surface area contributed by atoms with Crippen LogP contribution in [0.1, 0.15) is 17.5 Å². The summed E-state index contributed by atoms with van der Waals surface area (Å²) in [5, 5.41) is 13.0. The summed E-state index contributed by atoms with van der Waals surface area (Å²) in [6.07, 6.45) is 2.65. The Kier molecular flexibility index (Phi) is 7.38. The van der Waals surface area contributed by atoms with Crippen LogP contribution in [0.3, 0.4) is 0 Å². The zero-order chi connectivity index (χ0) is 20.2. The van der Waals surface area contributed by atoms with Gasteiger partial charge in [0.2, 0.25) is 5.91 Å². The van der Waals surface area contributed by atoms with Crippen molar-refractivity contribution in [2.24, 2.45) is 0 Å². The molecule has 10 heteroatoms. The molecule has 1 atom stereocenters. The SMILES string of the molecule is [Cl-].[NH3+][C@@H](Cc1c[nH]c2ccccc12)c1nnc(SCC(=O)Nc2cccc(Cl)c2)o1. The summed E-state index contributed by atoms with van der Waals surface area (Å²) < 4.78 is 5.69. The van der Waals surface area contributed by atoms with Crippen LogP contribution in [0.15, 0.2) is 64.4 Å². The number of hydrogen-bond donors (Lipinski definition) is 3. The fourth-order valence-electron chi connectivity index (χ4n) is 2.99. The number of para-hydroxylation sites is 1. The van der Waals surface area contributed by atoms with Crippen molar-refractivity contribution >= 4 is 45.9 Å². The first-order valence-corrected chi connectivity index (χ1v) is 10.3. The van der Waals surface area contributed by atoms with E-state index in [1.54, 1.807) is 24.3 Å². The van der Waals surface area contributed by atoms with Gasteiger partial charge < -0.3 is 32.9 Å². The molecule has 0 saturated carbocycles. The third-order valence-corrected chi connectivity index (χ3v) is 5.40. The molecule has 2 aromatic heterocycles. The van der Waals surface area contributed by atoms with Gasteiger partial charge in [-0.05, 0) is 29.8 Å². The van der Waals surface area contributed by atoms with Gasteiger partial charge in [0.15, 0.2) is 6.04 Å². The van der Waals surface area contributed by atoms with E-state index in [0.717, 1.165) is 16.5 Å². The number of nitrogens with zero attached hydrogens (tertiary/aromatic N) is 2. The largest absolute Gasteiger partial charge is 1.00 e. The zero-order valence-electron chi connectivity index (χ0n) is 15.8. The van der Waals surface area contributed by atoms with E-state index in [-0.39, 0.29) is 30.1 Å². The number of aromatic amines is 1. The second-order valence-corrected chi connectivity index (χ2v) is 7.88. The lowest BCUT2D eigenvalue weighted by molar-refractivity contribution is -0.431. The molecule has 156 valence electrons. The van der Waals surface area contributed by atoms with Crippen LogP contribution in [0, 0.1) is 0 Å². The Morgan fingerprint density at radius 2 is 2.07 bits per heavy atom. The Balaban J connectivity index is 0.00000256. The Labute approximate surface area is 188 Å². The topological polar surface area (TPSA) is 111 Å². The van der Waals surface area contributed by atoms with E-state index >= 15 is 0 Å². The minimum atomic E-state index is -0.184. The number of quaternary nitrogens is 1. The van der Waals surface area contributed by atoms with Gasteiger partial charge >= 0.3 is 0 Å². The number of carbonyl (C=O) groups excluding carboxylic acids is 1. The Morgan fingerprint density at radius 1 is 1.23 bits per heavy atom. The molecule has 0 spiro atoms. The fraction of sp³-hybridized carbons (Fsp3) is 0.150. The highest BCUT2D eigenvalue weighted by molar-refractivity contribution is 7.99. The van der Waals surface area contributed by atoms with Crippen LogP contribution in [0.2, 0.25) is 5.02 Å². The van der Waals surface area contributed by atoms with Gasteiger partial charge in [0.1, 0.15) is 0 Å². The molecule has 0 fully saturated rings. The van der Waals surface area contributed by atoms with Gasteiger partial charge in [-0.25, -0.2) is 0 Å². The monoisotopic (exact) mass is 463 g/mol. The number of anilines is 1. The molecule has 7 nitrogen and oxygen atoms in total. The van der Waals surface area contributed by atoms with E-state index in [1.807, 2.05) is 24.4 Å². The molecule has 0 aliphatic carbocycles. The molecular weight excluding hydrogens is 445 g/mol. The number of halogens is 2. The minimum absolute atomic E-state index is 0. The highest BCUT2D eigenvalue weighted by Gasteiger charge is 2.20. The average Bonchev–Trinajstić information content (AvgIpc) is 3.34. The van der Waals surface area contributed by atoms with Gasteiger partial charge in [0, 0.05) is 34.2 Å². The summed E-state index contributed by atoms with van der Waals surface area (Å²) in [4.78, 5) is 15.3. The summed E-state index contributed by atoms with van der Waals surface area (Å²) in [7, 11) is 0. The first kappa shape index (κ1) is 22.2. The second kappa shape index (κ2) is 9.99. The van der Waals surface area contributed by atoms with Crippen LogP contribution in [-0.4, -0.2) is 26.8 Å². The van der Waals surface area contributed by atoms with Crippen molar-refractivity contribution in [3.63, 3.8) is 0 Å². The molecule has 0 bridgehead atoms. The van der Waals surface area contributed by atoms with Crippen molar-refractivity contribution in [2.45, 2.75) is 17.7 Å².